The highest BCUT2D eigenvalue weighted by Gasteiger charge is 2.17. The number of rotatable bonds is 8. The van der Waals surface area contributed by atoms with Crippen molar-refractivity contribution in [2.45, 2.75) is 32.6 Å². The van der Waals surface area contributed by atoms with Gasteiger partial charge in [0.05, 0.1) is 13.2 Å². The summed E-state index contributed by atoms with van der Waals surface area (Å²) in [4.78, 5) is 26.4. The second-order valence-corrected chi connectivity index (χ2v) is 8.03. The smallest absolute Gasteiger partial charge is 0.305 e. The minimum absolute atomic E-state index is 0.150. The second-order valence-electron chi connectivity index (χ2n) is 7.22. The summed E-state index contributed by atoms with van der Waals surface area (Å²) in [7, 11) is 0. The Morgan fingerprint density at radius 2 is 2.10 bits per heavy atom. The maximum atomic E-state index is 12.1. The number of aromatic amines is 1. The van der Waals surface area contributed by atoms with Gasteiger partial charge in [-0.25, -0.2) is 0 Å². The van der Waals surface area contributed by atoms with Gasteiger partial charge in [-0.15, -0.1) is 0 Å². The number of hydrogen-bond acceptors (Lipinski definition) is 4. The van der Waals surface area contributed by atoms with E-state index >= 15 is 0 Å². The number of aromatic nitrogens is 1. The summed E-state index contributed by atoms with van der Waals surface area (Å²) in [6.07, 6.45) is 4.78. The third-order valence-corrected chi connectivity index (χ3v) is 5.66. The molecule has 1 aromatic carbocycles. The van der Waals surface area contributed by atoms with Gasteiger partial charge in [0, 0.05) is 35.2 Å². The number of ether oxygens (including phenoxy) is 2. The first kappa shape index (κ1) is 22.6. The summed E-state index contributed by atoms with van der Waals surface area (Å²) < 4.78 is 10.5. The van der Waals surface area contributed by atoms with Crippen molar-refractivity contribution in [3.05, 3.63) is 73.6 Å². The predicted molar refractivity (Wildman–Crippen MR) is 119 cm³/mol. The van der Waals surface area contributed by atoms with E-state index in [4.69, 9.17) is 32.7 Å². The number of halogens is 2. The monoisotopic (exact) mass is 449 g/mol. The molecule has 1 unspecified atom stereocenters. The van der Waals surface area contributed by atoms with E-state index in [-0.39, 0.29) is 22.5 Å². The van der Waals surface area contributed by atoms with Crippen LogP contribution in [0.3, 0.4) is 0 Å². The van der Waals surface area contributed by atoms with Gasteiger partial charge in [-0.2, -0.15) is 0 Å². The van der Waals surface area contributed by atoms with Gasteiger partial charge < -0.3 is 14.5 Å². The van der Waals surface area contributed by atoms with Gasteiger partial charge in [0.1, 0.15) is 5.02 Å². The van der Waals surface area contributed by atoms with Crippen molar-refractivity contribution in [2.75, 3.05) is 19.8 Å². The highest BCUT2D eigenvalue weighted by atomic mass is 35.5. The Kier molecular flexibility index (Phi) is 8.14. The summed E-state index contributed by atoms with van der Waals surface area (Å²) in [6.45, 7) is 3.57. The summed E-state index contributed by atoms with van der Waals surface area (Å²) in [5.41, 5.74) is 3.11. The fourth-order valence-corrected chi connectivity index (χ4v) is 3.83. The zero-order valence-electron chi connectivity index (χ0n) is 16.9. The van der Waals surface area contributed by atoms with Crippen LogP contribution in [0.4, 0.5) is 0 Å². The van der Waals surface area contributed by atoms with E-state index in [9.17, 15) is 9.59 Å². The number of esters is 1. The van der Waals surface area contributed by atoms with Gasteiger partial charge in [-0.05, 0) is 55.5 Å². The molecule has 1 aromatic heterocycles. The number of pyridine rings is 1. The van der Waals surface area contributed by atoms with Crippen LogP contribution in [0, 0.1) is 5.92 Å². The number of carbonyl (C=O) groups excluding carboxylic acids is 1. The molecule has 1 fully saturated rings. The Morgan fingerprint density at radius 3 is 2.77 bits per heavy atom. The van der Waals surface area contributed by atoms with E-state index in [0.717, 1.165) is 29.7 Å². The summed E-state index contributed by atoms with van der Waals surface area (Å²) in [6, 6.07) is 9.25. The van der Waals surface area contributed by atoms with E-state index in [0.29, 0.717) is 43.2 Å². The minimum Gasteiger partial charge on any atom is -0.466 e. The number of benzene rings is 1. The molecule has 0 radical (unpaired) electrons. The molecule has 0 aliphatic carbocycles. The lowest BCUT2D eigenvalue weighted by atomic mass is 9.95. The van der Waals surface area contributed by atoms with Crippen molar-refractivity contribution in [1.82, 2.24) is 4.98 Å². The second kappa shape index (κ2) is 10.8. The van der Waals surface area contributed by atoms with Crippen molar-refractivity contribution in [3.8, 4) is 0 Å². The molecule has 1 atom stereocenters. The molecule has 2 heterocycles. The highest BCUT2D eigenvalue weighted by molar-refractivity contribution is 6.31. The average Bonchev–Trinajstić information content (AvgIpc) is 3.23. The molecule has 1 aliphatic rings. The lowest BCUT2D eigenvalue weighted by molar-refractivity contribution is -0.143. The van der Waals surface area contributed by atoms with Gasteiger partial charge in [0.2, 0.25) is 0 Å². The molecule has 3 rings (SSSR count). The lowest BCUT2D eigenvalue weighted by Gasteiger charge is -2.13. The zero-order chi connectivity index (χ0) is 21.5. The SMILES string of the molecule is CCOC(=O)CCCc1ccc(/C(=C\C2CCOC2)c2ccc(Cl)c(=O)[nH]2)cc1Cl. The van der Waals surface area contributed by atoms with Crippen molar-refractivity contribution >= 4 is 34.7 Å². The van der Waals surface area contributed by atoms with Crippen LogP contribution in [-0.4, -0.2) is 30.8 Å². The Balaban J connectivity index is 1.84. The van der Waals surface area contributed by atoms with E-state index in [2.05, 4.69) is 11.1 Å². The third-order valence-electron chi connectivity index (χ3n) is 5.02. The standard InChI is InChI=1S/C23H25Cl2NO4/c1-2-30-22(27)5-3-4-16-6-7-17(13-20(16)25)18(12-15-10-11-29-14-15)21-9-8-19(24)23(28)26-21/h6-9,12-13,15H,2-5,10-11,14H2,1H3,(H,26,28)/b18-12+. The molecular weight excluding hydrogens is 425 g/mol. The van der Waals surface area contributed by atoms with E-state index in [1.165, 1.54) is 0 Å². The summed E-state index contributed by atoms with van der Waals surface area (Å²) in [5, 5.41) is 0.776. The van der Waals surface area contributed by atoms with Crippen LogP contribution in [-0.2, 0) is 20.7 Å². The molecule has 1 aliphatic heterocycles. The van der Waals surface area contributed by atoms with Gasteiger partial charge in [0.15, 0.2) is 0 Å². The molecule has 5 nitrogen and oxygen atoms in total. The summed E-state index contributed by atoms with van der Waals surface area (Å²) in [5.74, 6) is 0.0724. The van der Waals surface area contributed by atoms with Gasteiger partial charge >= 0.3 is 5.97 Å². The maximum absolute atomic E-state index is 12.1. The first-order valence-electron chi connectivity index (χ1n) is 10.1. The van der Waals surface area contributed by atoms with Crippen molar-refractivity contribution in [1.29, 1.82) is 0 Å². The van der Waals surface area contributed by atoms with Crippen molar-refractivity contribution < 1.29 is 14.3 Å². The zero-order valence-corrected chi connectivity index (χ0v) is 18.4. The minimum atomic E-state index is -0.329. The largest absolute Gasteiger partial charge is 0.466 e. The van der Waals surface area contributed by atoms with Crippen LogP contribution >= 0.6 is 23.2 Å². The van der Waals surface area contributed by atoms with Crippen molar-refractivity contribution in [2.24, 2.45) is 5.92 Å². The van der Waals surface area contributed by atoms with Crippen LogP contribution in [0.25, 0.3) is 5.57 Å². The van der Waals surface area contributed by atoms with Gasteiger partial charge in [-0.1, -0.05) is 41.4 Å². The maximum Gasteiger partial charge on any atom is 0.305 e. The van der Waals surface area contributed by atoms with Crippen LogP contribution < -0.4 is 5.56 Å². The first-order valence-corrected chi connectivity index (χ1v) is 10.9. The number of hydrogen-bond donors (Lipinski definition) is 1. The van der Waals surface area contributed by atoms with E-state index in [1.807, 2.05) is 18.2 Å². The Bertz CT molecular complexity index is 977. The lowest BCUT2D eigenvalue weighted by Crippen LogP contribution is -2.09. The quantitative estimate of drug-likeness (QED) is 0.573. The molecular formula is C23H25Cl2NO4. The number of nitrogens with one attached hydrogen (secondary N) is 1. The van der Waals surface area contributed by atoms with E-state index in [1.54, 1.807) is 19.1 Å². The molecule has 2 aromatic rings. The number of carbonyl (C=O) groups is 1. The highest BCUT2D eigenvalue weighted by Crippen LogP contribution is 2.30. The molecule has 1 N–H and O–H groups in total. The molecule has 0 bridgehead atoms. The van der Waals surface area contributed by atoms with Gasteiger partial charge in [0.25, 0.3) is 5.56 Å². The Labute approximate surface area is 186 Å². The molecule has 0 saturated carbocycles. The topological polar surface area (TPSA) is 68.4 Å². The Morgan fingerprint density at radius 1 is 1.27 bits per heavy atom. The van der Waals surface area contributed by atoms with Crippen LogP contribution in [0.1, 0.15) is 43.0 Å². The van der Waals surface area contributed by atoms with Gasteiger partial charge in [-0.3, -0.25) is 9.59 Å². The molecule has 30 heavy (non-hydrogen) atoms. The number of aryl methyl sites for hydroxylation is 1. The molecule has 160 valence electrons. The molecule has 0 amide bonds. The third kappa shape index (κ3) is 5.97. The Hall–Kier alpha value is -2.08. The summed E-state index contributed by atoms with van der Waals surface area (Å²) >= 11 is 12.5. The van der Waals surface area contributed by atoms with E-state index < -0.39 is 0 Å². The molecule has 1 saturated heterocycles. The average molecular weight is 450 g/mol. The number of H-pyrrole nitrogens is 1. The fraction of sp³-hybridized carbons (Fsp3) is 0.391. The molecule has 0 spiro atoms. The molecule has 7 heteroatoms. The van der Waals surface area contributed by atoms with Crippen LogP contribution in [0.2, 0.25) is 10.0 Å². The first-order chi connectivity index (χ1) is 14.5. The van der Waals surface area contributed by atoms with Crippen molar-refractivity contribution in [3.63, 3.8) is 0 Å². The predicted octanol–water partition coefficient (Wildman–Crippen LogP) is 5.04. The van der Waals surface area contributed by atoms with Crippen LogP contribution in [0.5, 0.6) is 0 Å². The fourth-order valence-electron chi connectivity index (χ4n) is 3.45. The normalized spacial score (nSPS) is 16.6. The van der Waals surface area contributed by atoms with Crippen LogP contribution in [0.15, 0.2) is 41.2 Å².